The third-order valence-electron chi connectivity index (χ3n) is 10.4. The molecule has 2 unspecified atom stereocenters. The van der Waals surface area contributed by atoms with Gasteiger partial charge in [-0.1, -0.05) is 13.0 Å². The van der Waals surface area contributed by atoms with Crippen LogP contribution >= 0.6 is 0 Å². The lowest BCUT2D eigenvalue weighted by Crippen LogP contribution is -2.45. The van der Waals surface area contributed by atoms with Crippen LogP contribution in [0.4, 0.5) is 5.69 Å². The number of pyridine rings is 1. The number of aliphatic imine (C=N–C) groups is 1. The van der Waals surface area contributed by atoms with Crippen LogP contribution in [0, 0.1) is 5.92 Å². The zero-order chi connectivity index (χ0) is 38.2. The molecule has 1 fully saturated rings. The molecule has 3 aromatic carbocycles. The molecule has 0 radical (unpaired) electrons. The predicted octanol–water partition coefficient (Wildman–Crippen LogP) is 7.67. The van der Waals surface area contributed by atoms with Gasteiger partial charge in [0.1, 0.15) is 5.75 Å². The van der Waals surface area contributed by atoms with Crippen molar-refractivity contribution in [1.29, 1.82) is 0 Å². The molecule has 1 saturated heterocycles. The highest BCUT2D eigenvalue weighted by molar-refractivity contribution is 5.82. The van der Waals surface area contributed by atoms with Crippen LogP contribution in [0.3, 0.4) is 0 Å². The van der Waals surface area contributed by atoms with E-state index in [0.29, 0.717) is 40.5 Å². The highest BCUT2D eigenvalue weighted by Gasteiger charge is 2.29. The van der Waals surface area contributed by atoms with Crippen LogP contribution in [-0.2, 0) is 6.54 Å². The molecule has 4 aromatic rings. The summed E-state index contributed by atoms with van der Waals surface area (Å²) >= 11 is 0. The smallest absolute Gasteiger partial charge is 0.203 e. The summed E-state index contributed by atoms with van der Waals surface area (Å²) in [4.78, 5) is 14.8. The third-order valence-corrected chi connectivity index (χ3v) is 10.4. The first-order valence-corrected chi connectivity index (χ1v) is 18.2. The van der Waals surface area contributed by atoms with Gasteiger partial charge in [0.05, 0.1) is 61.5 Å². The van der Waals surface area contributed by atoms with Crippen LogP contribution < -0.4 is 38.1 Å². The maximum absolute atomic E-state index is 5.63. The molecule has 0 N–H and O–H groups in total. The summed E-state index contributed by atoms with van der Waals surface area (Å²) in [5.74, 6) is 4.61. The monoisotopic (exact) mass is 736 g/mol. The molecule has 0 spiro atoms. The minimum absolute atomic E-state index is 0.0670. The highest BCUT2D eigenvalue weighted by Crippen LogP contribution is 2.43. The number of likely N-dealkylation sites (tertiary alicyclic amines) is 1. The molecule has 11 heteroatoms. The first kappa shape index (κ1) is 38.3. The average molecular weight is 737 g/mol. The van der Waals surface area contributed by atoms with E-state index < -0.39 is 0 Å². The van der Waals surface area contributed by atoms with E-state index in [1.165, 1.54) is 16.8 Å². The van der Waals surface area contributed by atoms with Gasteiger partial charge in [-0.25, -0.2) is 0 Å². The van der Waals surface area contributed by atoms with Crippen molar-refractivity contribution in [2.45, 2.75) is 38.4 Å². The molecular formula is C43H52N4O7. The van der Waals surface area contributed by atoms with Crippen LogP contribution in [0.15, 0.2) is 83.5 Å². The lowest BCUT2D eigenvalue weighted by molar-refractivity contribution is 0.202. The summed E-state index contributed by atoms with van der Waals surface area (Å²) in [7, 11) is 11.5. The predicted molar refractivity (Wildman–Crippen MR) is 213 cm³/mol. The number of methoxy groups -OCH3 is 7. The lowest BCUT2D eigenvalue weighted by atomic mass is 9.90. The van der Waals surface area contributed by atoms with E-state index >= 15 is 0 Å². The number of ether oxygens (including phenoxy) is 7. The standard InChI is InChI=1S/C43H52N4O7/c1-28-19-30(25-45-41(28)32-23-39(51-5)43(54-8)40(24-32)52-6)27-47(33-9-11-35(48-2)12-10-33)34-14-17-46(18-15-34)26-29-13-16-44-36(20-29)31-21-37(49-3)42(53-7)38(22-31)50-4/h9-13,16,19-25,28,34,41H,14-15,17-18,26-27H2,1-8H3. The Labute approximate surface area is 319 Å². The van der Waals surface area contributed by atoms with E-state index in [-0.39, 0.29) is 12.0 Å². The van der Waals surface area contributed by atoms with Gasteiger partial charge in [-0.15, -0.1) is 0 Å². The zero-order valence-corrected chi connectivity index (χ0v) is 32.6. The van der Waals surface area contributed by atoms with E-state index in [0.717, 1.165) is 61.6 Å². The molecule has 0 aliphatic carbocycles. The van der Waals surface area contributed by atoms with Crippen LogP contribution in [0.5, 0.6) is 40.2 Å². The van der Waals surface area contributed by atoms with Gasteiger partial charge < -0.3 is 38.1 Å². The van der Waals surface area contributed by atoms with E-state index in [4.69, 9.17) is 38.2 Å². The summed E-state index contributed by atoms with van der Waals surface area (Å²) in [6, 6.07) is 20.8. The Hall–Kier alpha value is -5.42. The minimum atomic E-state index is -0.0670. The quantitative estimate of drug-likeness (QED) is 0.121. The molecule has 2 atom stereocenters. The number of dihydropyridines is 1. The molecule has 0 amide bonds. The van der Waals surface area contributed by atoms with Gasteiger partial charge >= 0.3 is 0 Å². The van der Waals surface area contributed by atoms with Gasteiger partial charge in [0, 0.05) is 61.8 Å². The molecule has 2 aliphatic rings. The Balaban J connectivity index is 1.16. The van der Waals surface area contributed by atoms with Gasteiger partial charge in [0.15, 0.2) is 23.0 Å². The molecule has 2 aliphatic heterocycles. The van der Waals surface area contributed by atoms with Gasteiger partial charge in [0.25, 0.3) is 0 Å². The van der Waals surface area contributed by atoms with Crippen molar-refractivity contribution in [3.05, 3.63) is 89.6 Å². The van der Waals surface area contributed by atoms with Crippen molar-refractivity contribution >= 4 is 11.9 Å². The number of hydrogen-bond donors (Lipinski definition) is 0. The second kappa shape index (κ2) is 17.6. The van der Waals surface area contributed by atoms with E-state index in [2.05, 4.69) is 52.0 Å². The summed E-state index contributed by atoms with van der Waals surface area (Å²) in [6.45, 7) is 5.77. The van der Waals surface area contributed by atoms with E-state index in [1.54, 1.807) is 49.8 Å². The number of aromatic nitrogens is 1. The maximum Gasteiger partial charge on any atom is 0.203 e. The fraction of sp³-hybridized carbons (Fsp3) is 0.395. The number of hydrogen-bond acceptors (Lipinski definition) is 11. The number of benzene rings is 3. The number of piperidine rings is 1. The second-order valence-corrected chi connectivity index (χ2v) is 13.6. The topological polar surface area (TPSA) is 96.3 Å². The summed E-state index contributed by atoms with van der Waals surface area (Å²) in [5, 5.41) is 0. The fourth-order valence-corrected chi connectivity index (χ4v) is 7.55. The first-order valence-electron chi connectivity index (χ1n) is 18.2. The Morgan fingerprint density at radius 2 is 1.30 bits per heavy atom. The van der Waals surface area contributed by atoms with Gasteiger partial charge in [-0.3, -0.25) is 14.9 Å². The fourth-order valence-electron chi connectivity index (χ4n) is 7.55. The normalized spacial score (nSPS) is 17.4. The van der Waals surface area contributed by atoms with E-state index in [9.17, 15) is 0 Å². The SMILES string of the molecule is COc1ccc(N(CC2=CC(C)C(c3cc(OC)c(OC)c(OC)c3)N=C2)C2CCN(Cc3ccnc(-c4cc(OC)c(OC)c(OC)c4)c3)CC2)cc1. The van der Waals surface area contributed by atoms with Crippen LogP contribution in [0.1, 0.15) is 36.9 Å². The molecular weight excluding hydrogens is 684 g/mol. The van der Waals surface area contributed by atoms with Crippen molar-refractivity contribution in [3.63, 3.8) is 0 Å². The summed E-state index contributed by atoms with van der Waals surface area (Å²) < 4.78 is 39.0. The zero-order valence-electron chi connectivity index (χ0n) is 32.6. The van der Waals surface area contributed by atoms with Crippen molar-refractivity contribution in [2.75, 3.05) is 74.3 Å². The third kappa shape index (κ3) is 8.36. The molecule has 3 heterocycles. The van der Waals surface area contributed by atoms with Crippen molar-refractivity contribution < 1.29 is 33.2 Å². The van der Waals surface area contributed by atoms with Crippen molar-refractivity contribution in [1.82, 2.24) is 9.88 Å². The molecule has 54 heavy (non-hydrogen) atoms. The molecule has 0 bridgehead atoms. The Kier molecular flexibility index (Phi) is 12.5. The summed E-state index contributed by atoms with van der Waals surface area (Å²) in [5.41, 5.74) is 6.36. The molecule has 11 nitrogen and oxygen atoms in total. The number of anilines is 1. The molecule has 0 saturated carbocycles. The lowest BCUT2D eigenvalue weighted by Gasteiger charge is -2.40. The van der Waals surface area contributed by atoms with Crippen LogP contribution in [-0.4, -0.2) is 91.5 Å². The van der Waals surface area contributed by atoms with Crippen LogP contribution in [0.25, 0.3) is 11.3 Å². The van der Waals surface area contributed by atoms with Crippen molar-refractivity contribution in [3.8, 4) is 51.5 Å². The largest absolute Gasteiger partial charge is 0.497 e. The van der Waals surface area contributed by atoms with E-state index in [1.807, 2.05) is 48.8 Å². The van der Waals surface area contributed by atoms with Gasteiger partial charge in [-0.2, -0.15) is 0 Å². The molecule has 6 rings (SSSR count). The molecule has 286 valence electrons. The number of rotatable bonds is 15. The first-order chi connectivity index (χ1) is 26.3. The Bertz CT molecular complexity index is 1890. The highest BCUT2D eigenvalue weighted by atomic mass is 16.5. The van der Waals surface area contributed by atoms with Gasteiger partial charge in [-0.05, 0) is 90.2 Å². The average Bonchev–Trinajstić information content (AvgIpc) is 3.22. The molecule has 1 aromatic heterocycles. The van der Waals surface area contributed by atoms with Crippen LogP contribution in [0.2, 0.25) is 0 Å². The Morgan fingerprint density at radius 3 is 1.83 bits per heavy atom. The van der Waals surface area contributed by atoms with Gasteiger partial charge in [0.2, 0.25) is 11.5 Å². The Morgan fingerprint density at radius 1 is 0.704 bits per heavy atom. The maximum atomic E-state index is 5.63. The second-order valence-electron chi connectivity index (χ2n) is 13.6. The summed E-state index contributed by atoms with van der Waals surface area (Å²) in [6.07, 6.45) is 8.32. The number of nitrogens with zero attached hydrogens (tertiary/aromatic N) is 4. The minimum Gasteiger partial charge on any atom is -0.497 e. The van der Waals surface area contributed by atoms with Crippen molar-refractivity contribution in [2.24, 2.45) is 10.9 Å².